The third kappa shape index (κ3) is 1.59. The molecule has 0 atom stereocenters. The molecule has 0 N–H and O–H groups in total. The zero-order valence-electron chi connectivity index (χ0n) is 6.15. The number of hydrogen-bond donors (Lipinski definition) is 0. The maximum absolute atomic E-state index is 5.03. The first-order valence-electron chi connectivity index (χ1n) is 3.08. The molecule has 0 spiro atoms. The van der Waals surface area contributed by atoms with Crippen LogP contribution in [0.3, 0.4) is 0 Å². The van der Waals surface area contributed by atoms with Gasteiger partial charge < -0.3 is 4.74 Å². The highest BCUT2D eigenvalue weighted by Crippen LogP contribution is 2.05. The van der Waals surface area contributed by atoms with Crippen LogP contribution in [0.4, 0.5) is 0 Å². The first-order chi connectivity index (χ1) is 4.86. The molecule has 1 aliphatic heterocycles. The van der Waals surface area contributed by atoms with Crippen LogP contribution in [0.15, 0.2) is 24.6 Å². The Balaban J connectivity index is 2.45. The monoisotopic (exact) mass is 141 g/mol. The van der Waals surface area contributed by atoms with Crippen molar-refractivity contribution in [1.29, 1.82) is 0 Å². The lowest BCUT2D eigenvalue weighted by molar-refractivity contribution is -0.0477. The summed E-state index contributed by atoms with van der Waals surface area (Å²) in [7, 11) is 3.28. The lowest BCUT2D eigenvalue weighted by Crippen LogP contribution is -2.15. The van der Waals surface area contributed by atoms with Crippen LogP contribution in [0, 0.1) is 0 Å². The Bertz CT molecular complexity index is 124. The molecule has 3 nitrogen and oxygen atoms in total. The van der Waals surface area contributed by atoms with Crippen molar-refractivity contribution < 1.29 is 9.57 Å². The van der Waals surface area contributed by atoms with Gasteiger partial charge in [-0.25, -0.2) is 5.06 Å². The molecule has 1 heterocycles. The molecule has 0 fully saturated rings. The molecule has 0 saturated heterocycles. The second-order valence-corrected chi connectivity index (χ2v) is 1.93. The Kier molecular flexibility index (Phi) is 2.48. The summed E-state index contributed by atoms with van der Waals surface area (Å²) in [4.78, 5) is 4.89. The van der Waals surface area contributed by atoms with Crippen molar-refractivity contribution in [3.05, 3.63) is 24.6 Å². The fraction of sp³-hybridized carbons (Fsp3) is 0.429. The summed E-state index contributed by atoms with van der Waals surface area (Å²) in [5, 5.41) is 1.61. The molecular weight excluding hydrogens is 130 g/mol. The van der Waals surface area contributed by atoms with Crippen LogP contribution in [-0.4, -0.2) is 25.4 Å². The van der Waals surface area contributed by atoms with E-state index in [1.807, 2.05) is 24.6 Å². The van der Waals surface area contributed by atoms with Crippen LogP contribution in [0.2, 0.25) is 0 Å². The molecule has 0 unspecified atom stereocenters. The Labute approximate surface area is 60.5 Å². The highest BCUT2D eigenvalue weighted by atomic mass is 16.7. The molecule has 0 aliphatic carbocycles. The van der Waals surface area contributed by atoms with E-state index in [1.165, 1.54) is 0 Å². The number of nitrogens with zero attached hydrogens (tertiary/aromatic N) is 1. The van der Waals surface area contributed by atoms with Gasteiger partial charge in [0.1, 0.15) is 0 Å². The van der Waals surface area contributed by atoms with Gasteiger partial charge in [0.2, 0.25) is 0 Å². The van der Waals surface area contributed by atoms with Gasteiger partial charge >= 0.3 is 0 Å². The van der Waals surface area contributed by atoms with Crippen LogP contribution in [0.25, 0.3) is 0 Å². The van der Waals surface area contributed by atoms with E-state index in [0.717, 1.165) is 0 Å². The Morgan fingerprint density at radius 3 is 2.20 bits per heavy atom. The minimum atomic E-state index is 0.0893. The normalized spacial score (nSPS) is 18.4. The van der Waals surface area contributed by atoms with Gasteiger partial charge in [0.05, 0.1) is 13.2 Å². The minimum Gasteiger partial charge on any atom is -0.373 e. The molecule has 0 radical (unpaired) electrons. The second-order valence-electron chi connectivity index (χ2n) is 1.93. The molecule has 3 heteroatoms. The second kappa shape index (κ2) is 3.39. The number of hydrogen-bond acceptors (Lipinski definition) is 3. The quantitative estimate of drug-likeness (QED) is 0.570. The summed E-state index contributed by atoms with van der Waals surface area (Å²) in [6.45, 7) is 0. The summed E-state index contributed by atoms with van der Waals surface area (Å²) in [6, 6.07) is 0. The van der Waals surface area contributed by atoms with Crippen molar-refractivity contribution in [2.24, 2.45) is 0 Å². The fourth-order valence-corrected chi connectivity index (χ4v) is 0.732. The van der Waals surface area contributed by atoms with Gasteiger partial charge in [0.15, 0.2) is 0 Å². The van der Waals surface area contributed by atoms with E-state index in [4.69, 9.17) is 9.57 Å². The Morgan fingerprint density at radius 2 is 1.80 bits per heavy atom. The number of hydroxylamine groups is 2. The maximum atomic E-state index is 5.03. The molecule has 1 aliphatic rings. The van der Waals surface area contributed by atoms with E-state index in [1.54, 1.807) is 19.3 Å². The highest BCUT2D eigenvalue weighted by molar-refractivity contribution is 5.07. The molecule has 1 rings (SSSR count). The molecule has 0 aromatic heterocycles. The van der Waals surface area contributed by atoms with Gasteiger partial charge in [0, 0.05) is 19.5 Å². The van der Waals surface area contributed by atoms with Crippen LogP contribution in [0.5, 0.6) is 0 Å². The predicted molar refractivity (Wildman–Crippen MR) is 37.9 cm³/mol. The molecule has 0 aromatic carbocycles. The van der Waals surface area contributed by atoms with E-state index in [9.17, 15) is 0 Å². The van der Waals surface area contributed by atoms with E-state index >= 15 is 0 Å². The van der Waals surface area contributed by atoms with Crippen molar-refractivity contribution >= 4 is 0 Å². The molecular formula is C7H11NO2. The van der Waals surface area contributed by atoms with Gasteiger partial charge in [-0.3, -0.25) is 4.84 Å². The largest absolute Gasteiger partial charge is 0.373 e. The predicted octanol–water partition coefficient (Wildman–Crippen LogP) is 0.906. The Morgan fingerprint density at radius 1 is 1.20 bits per heavy atom. The van der Waals surface area contributed by atoms with E-state index in [0.29, 0.717) is 0 Å². The Hall–Kier alpha value is -0.800. The molecule has 10 heavy (non-hydrogen) atoms. The lowest BCUT2D eigenvalue weighted by atomic mass is 10.3. The van der Waals surface area contributed by atoms with Crippen molar-refractivity contribution in [2.45, 2.75) is 6.10 Å². The summed E-state index contributed by atoms with van der Waals surface area (Å²) in [5.41, 5.74) is 0. The number of methoxy groups -OCH3 is 1. The molecule has 0 bridgehead atoms. The van der Waals surface area contributed by atoms with Crippen molar-refractivity contribution in [3.8, 4) is 0 Å². The van der Waals surface area contributed by atoms with E-state index in [2.05, 4.69) is 0 Å². The third-order valence-corrected chi connectivity index (χ3v) is 1.33. The number of rotatable bonds is 2. The van der Waals surface area contributed by atoms with Crippen molar-refractivity contribution in [1.82, 2.24) is 5.06 Å². The summed E-state index contributed by atoms with van der Waals surface area (Å²) < 4.78 is 5.03. The molecule has 56 valence electrons. The van der Waals surface area contributed by atoms with Crippen molar-refractivity contribution in [3.63, 3.8) is 0 Å². The lowest BCUT2D eigenvalue weighted by Gasteiger charge is -2.17. The van der Waals surface area contributed by atoms with Crippen LogP contribution in [-0.2, 0) is 9.57 Å². The van der Waals surface area contributed by atoms with E-state index < -0.39 is 0 Å². The van der Waals surface area contributed by atoms with Crippen molar-refractivity contribution in [2.75, 3.05) is 14.2 Å². The molecule has 0 aromatic rings. The van der Waals surface area contributed by atoms with Gasteiger partial charge in [0.25, 0.3) is 0 Å². The van der Waals surface area contributed by atoms with Crippen LogP contribution in [0.1, 0.15) is 0 Å². The van der Waals surface area contributed by atoms with Gasteiger partial charge in [-0.15, -0.1) is 0 Å². The zero-order chi connectivity index (χ0) is 7.40. The van der Waals surface area contributed by atoms with Gasteiger partial charge in [-0.2, -0.15) is 0 Å². The van der Waals surface area contributed by atoms with Crippen LogP contribution >= 0.6 is 0 Å². The summed E-state index contributed by atoms with van der Waals surface area (Å²) >= 11 is 0. The smallest absolute Gasteiger partial charge is 0.0969 e. The summed E-state index contributed by atoms with van der Waals surface area (Å²) in [6.07, 6.45) is 7.53. The first kappa shape index (κ1) is 7.31. The minimum absolute atomic E-state index is 0.0893. The molecule has 0 saturated carbocycles. The van der Waals surface area contributed by atoms with Gasteiger partial charge in [-0.1, -0.05) is 0 Å². The zero-order valence-corrected chi connectivity index (χ0v) is 6.15. The topological polar surface area (TPSA) is 21.7 Å². The SMILES string of the molecule is COC1C=CN(OC)C=C1. The first-order valence-corrected chi connectivity index (χ1v) is 3.08. The number of ether oxygens (including phenoxy) is 1. The highest BCUT2D eigenvalue weighted by Gasteiger charge is 2.03. The average Bonchev–Trinajstić information content (AvgIpc) is 2.05. The standard InChI is InChI=1S/C7H11NO2/c1-9-7-3-5-8(10-2)6-4-7/h3-7H,1-2H3. The average molecular weight is 141 g/mol. The third-order valence-electron chi connectivity index (χ3n) is 1.33. The molecule has 0 amide bonds. The van der Waals surface area contributed by atoms with Gasteiger partial charge in [-0.05, 0) is 12.2 Å². The summed E-state index contributed by atoms with van der Waals surface area (Å²) in [5.74, 6) is 0. The maximum Gasteiger partial charge on any atom is 0.0969 e. The van der Waals surface area contributed by atoms with Crippen LogP contribution < -0.4 is 0 Å². The van der Waals surface area contributed by atoms with E-state index in [-0.39, 0.29) is 6.10 Å². The fourth-order valence-electron chi connectivity index (χ4n) is 0.732.